The van der Waals surface area contributed by atoms with E-state index < -0.39 is 0 Å². The summed E-state index contributed by atoms with van der Waals surface area (Å²) in [5, 5.41) is 12.7. The van der Waals surface area contributed by atoms with Gasteiger partial charge in [-0.3, -0.25) is 4.79 Å². The number of hydrogen-bond acceptors (Lipinski definition) is 3. The Balaban J connectivity index is 1.70. The third-order valence-corrected chi connectivity index (χ3v) is 5.49. The quantitative estimate of drug-likeness (QED) is 0.715. The first-order valence-electron chi connectivity index (χ1n) is 7.59. The number of carbonyl (C=O) groups excluding carboxylic acids is 1. The third kappa shape index (κ3) is 3.09. The topological polar surface area (TPSA) is 75.4 Å². The predicted molar refractivity (Wildman–Crippen MR) is 86.0 cm³/mol. The zero-order valence-electron chi connectivity index (χ0n) is 11.9. The van der Waals surface area contributed by atoms with Gasteiger partial charge in [-0.2, -0.15) is 0 Å². The highest BCUT2D eigenvalue weighted by Crippen LogP contribution is 2.42. The van der Waals surface area contributed by atoms with E-state index in [1.165, 1.54) is 6.42 Å². The summed E-state index contributed by atoms with van der Waals surface area (Å²) >= 11 is 3.35. The molecular formula is C16H21BrN2O2. The zero-order valence-corrected chi connectivity index (χ0v) is 13.5. The Bertz CT molecular complexity index is 535. The molecule has 2 aliphatic rings. The van der Waals surface area contributed by atoms with Crippen LogP contribution >= 0.6 is 15.9 Å². The molecule has 0 heterocycles. The van der Waals surface area contributed by atoms with Gasteiger partial charge in [-0.1, -0.05) is 22.4 Å². The van der Waals surface area contributed by atoms with E-state index in [0.717, 1.165) is 30.2 Å². The van der Waals surface area contributed by atoms with Crippen molar-refractivity contribution in [1.29, 1.82) is 0 Å². The first kappa shape index (κ1) is 14.9. The van der Waals surface area contributed by atoms with Crippen LogP contribution in [0, 0.1) is 17.8 Å². The first-order valence-corrected chi connectivity index (χ1v) is 8.39. The fourth-order valence-corrected chi connectivity index (χ4v) is 4.21. The molecule has 0 radical (unpaired) electrons. The molecule has 0 spiro atoms. The number of aromatic hydroxyl groups is 1. The lowest BCUT2D eigenvalue weighted by Crippen LogP contribution is -2.48. The van der Waals surface area contributed by atoms with Gasteiger partial charge >= 0.3 is 0 Å². The van der Waals surface area contributed by atoms with Crippen LogP contribution in [0.1, 0.15) is 32.1 Å². The van der Waals surface area contributed by atoms with Crippen molar-refractivity contribution in [2.24, 2.45) is 23.5 Å². The highest BCUT2D eigenvalue weighted by Gasteiger charge is 2.40. The molecule has 5 heteroatoms. The zero-order chi connectivity index (χ0) is 15.0. The van der Waals surface area contributed by atoms with Crippen molar-refractivity contribution in [3.8, 4) is 5.75 Å². The molecule has 0 aromatic heterocycles. The maximum Gasteiger partial charge on any atom is 0.227 e. The average molecular weight is 353 g/mol. The maximum atomic E-state index is 12.5. The maximum absolute atomic E-state index is 12.5. The van der Waals surface area contributed by atoms with E-state index in [-0.39, 0.29) is 23.6 Å². The predicted octanol–water partition coefficient (Wildman–Crippen LogP) is 3.25. The molecule has 2 fully saturated rings. The number of nitrogens with one attached hydrogen (secondary N) is 1. The Labute approximate surface area is 133 Å². The highest BCUT2D eigenvalue weighted by molar-refractivity contribution is 9.10. The SMILES string of the molecule is NC1C2CCCC1CC(C(=O)Nc1cc(Br)ccc1O)C2. The van der Waals surface area contributed by atoms with Crippen molar-refractivity contribution in [3.63, 3.8) is 0 Å². The van der Waals surface area contributed by atoms with E-state index in [1.54, 1.807) is 18.2 Å². The molecule has 2 aliphatic carbocycles. The van der Waals surface area contributed by atoms with Crippen LogP contribution in [0.15, 0.2) is 22.7 Å². The lowest BCUT2D eigenvalue weighted by molar-refractivity contribution is -0.122. The van der Waals surface area contributed by atoms with E-state index in [9.17, 15) is 9.90 Å². The largest absolute Gasteiger partial charge is 0.506 e. The molecule has 0 saturated heterocycles. The summed E-state index contributed by atoms with van der Waals surface area (Å²) in [7, 11) is 0. The molecule has 1 amide bonds. The number of fused-ring (bicyclic) bond motifs is 2. The number of halogens is 1. The molecule has 3 rings (SSSR count). The number of phenolic OH excluding ortho intramolecular Hbond substituents is 1. The second-order valence-corrected chi connectivity index (χ2v) is 7.26. The van der Waals surface area contributed by atoms with Crippen LogP contribution in [-0.2, 0) is 4.79 Å². The van der Waals surface area contributed by atoms with Gasteiger partial charge in [-0.05, 0) is 55.7 Å². The Morgan fingerprint density at radius 3 is 2.62 bits per heavy atom. The van der Waals surface area contributed by atoms with Gasteiger partial charge in [-0.25, -0.2) is 0 Å². The van der Waals surface area contributed by atoms with Gasteiger partial charge in [0.25, 0.3) is 0 Å². The number of benzene rings is 1. The Hall–Kier alpha value is -1.07. The van der Waals surface area contributed by atoms with E-state index in [1.807, 2.05) is 0 Å². The second kappa shape index (κ2) is 5.97. The van der Waals surface area contributed by atoms with Crippen LogP contribution in [0.25, 0.3) is 0 Å². The Morgan fingerprint density at radius 1 is 1.29 bits per heavy atom. The van der Waals surface area contributed by atoms with Crippen LogP contribution in [-0.4, -0.2) is 17.1 Å². The van der Waals surface area contributed by atoms with Crippen LogP contribution < -0.4 is 11.1 Å². The van der Waals surface area contributed by atoms with E-state index in [2.05, 4.69) is 21.2 Å². The average Bonchev–Trinajstić information content (AvgIpc) is 2.42. The van der Waals surface area contributed by atoms with E-state index in [4.69, 9.17) is 5.73 Å². The van der Waals surface area contributed by atoms with Crippen molar-refractivity contribution in [2.45, 2.75) is 38.1 Å². The van der Waals surface area contributed by atoms with Crippen molar-refractivity contribution in [3.05, 3.63) is 22.7 Å². The molecule has 2 atom stereocenters. The smallest absolute Gasteiger partial charge is 0.227 e. The number of hydrogen-bond donors (Lipinski definition) is 3. The molecule has 114 valence electrons. The van der Waals surface area contributed by atoms with Gasteiger partial charge in [0.05, 0.1) is 5.69 Å². The number of amides is 1. The summed E-state index contributed by atoms with van der Waals surface area (Å²) in [6.07, 6.45) is 5.27. The summed E-state index contributed by atoms with van der Waals surface area (Å²) in [5.74, 6) is 1.07. The van der Waals surface area contributed by atoms with E-state index in [0.29, 0.717) is 17.5 Å². The summed E-state index contributed by atoms with van der Waals surface area (Å²) in [5.41, 5.74) is 6.73. The first-order chi connectivity index (χ1) is 10.0. The van der Waals surface area contributed by atoms with Crippen LogP contribution in [0.4, 0.5) is 5.69 Å². The fourth-order valence-electron chi connectivity index (χ4n) is 3.85. The van der Waals surface area contributed by atoms with Crippen molar-refractivity contribution < 1.29 is 9.90 Å². The number of rotatable bonds is 2. The molecular weight excluding hydrogens is 332 g/mol. The van der Waals surface area contributed by atoms with E-state index >= 15 is 0 Å². The minimum atomic E-state index is 0.00667. The van der Waals surface area contributed by atoms with Crippen LogP contribution in [0.5, 0.6) is 5.75 Å². The number of phenols is 1. The highest BCUT2D eigenvalue weighted by atomic mass is 79.9. The Morgan fingerprint density at radius 2 is 1.95 bits per heavy atom. The minimum absolute atomic E-state index is 0.00667. The molecule has 21 heavy (non-hydrogen) atoms. The van der Waals surface area contributed by atoms with Crippen molar-refractivity contribution >= 4 is 27.5 Å². The van der Waals surface area contributed by atoms with Crippen LogP contribution in [0.3, 0.4) is 0 Å². The van der Waals surface area contributed by atoms with Gasteiger partial charge in [0.2, 0.25) is 5.91 Å². The van der Waals surface area contributed by atoms with Gasteiger partial charge in [-0.15, -0.1) is 0 Å². The van der Waals surface area contributed by atoms with Gasteiger partial charge < -0.3 is 16.2 Å². The molecule has 2 saturated carbocycles. The third-order valence-electron chi connectivity index (χ3n) is 5.00. The van der Waals surface area contributed by atoms with Gasteiger partial charge in [0.1, 0.15) is 5.75 Å². The molecule has 4 N–H and O–H groups in total. The normalized spacial score (nSPS) is 31.7. The molecule has 1 aromatic carbocycles. The van der Waals surface area contributed by atoms with Gasteiger partial charge in [0.15, 0.2) is 0 Å². The van der Waals surface area contributed by atoms with Crippen LogP contribution in [0.2, 0.25) is 0 Å². The van der Waals surface area contributed by atoms with Crippen molar-refractivity contribution in [1.82, 2.24) is 0 Å². The molecule has 4 nitrogen and oxygen atoms in total. The Kier molecular flexibility index (Phi) is 4.22. The number of nitrogens with two attached hydrogens (primary N) is 1. The molecule has 2 bridgehead atoms. The minimum Gasteiger partial charge on any atom is -0.506 e. The molecule has 1 aromatic rings. The lowest BCUT2D eigenvalue weighted by atomic mass is 9.65. The number of carbonyl (C=O) groups is 1. The number of anilines is 1. The molecule has 2 unspecified atom stereocenters. The summed E-state index contributed by atoms with van der Waals surface area (Å²) < 4.78 is 0.832. The lowest BCUT2D eigenvalue weighted by Gasteiger charge is -2.43. The summed E-state index contributed by atoms with van der Waals surface area (Å²) in [6.45, 7) is 0. The second-order valence-electron chi connectivity index (χ2n) is 6.35. The standard InChI is InChI=1S/C16H21BrN2O2/c17-12-4-5-14(20)13(8-12)19-16(21)11-6-9-2-1-3-10(7-11)15(9)18/h4-5,8-11,15,20H,1-3,6-7,18H2,(H,19,21). The summed E-state index contributed by atoms with van der Waals surface area (Å²) in [4.78, 5) is 12.5. The molecule has 0 aliphatic heterocycles. The van der Waals surface area contributed by atoms with Crippen molar-refractivity contribution in [2.75, 3.05) is 5.32 Å². The monoisotopic (exact) mass is 352 g/mol. The van der Waals surface area contributed by atoms with Gasteiger partial charge in [0, 0.05) is 16.4 Å². The summed E-state index contributed by atoms with van der Waals surface area (Å²) in [6, 6.07) is 5.31. The fraction of sp³-hybridized carbons (Fsp3) is 0.562.